The second-order valence-corrected chi connectivity index (χ2v) is 4.58. The van der Waals surface area contributed by atoms with E-state index in [9.17, 15) is 4.79 Å². The monoisotopic (exact) mass is 276 g/mol. The van der Waals surface area contributed by atoms with Gasteiger partial charge in [-0.1, -0.05) is 13.0 Å². The van der Waals surface area contributed by atoms with Crippen LogP contribution in [0.4, 0.5) is 0 Å². The molecule has 0 saturated heterocycles. The average molecular weight is 276 g/mol. The number of hydrogen-bond acceptors (Lipinski definition) is 4. The Kier molecular flexibility index (Phi) is 5.15. The summed E-state index contributed by atoms with van der Waals surface area (Å²) in [5.74, 6) is 0.740. The Morgan fingerprint density at radius 3 is 3.15 bits per heavy atom. The molecule has 1 aliphatic heterocycles. The zero-order valence-electron chi connectivity index (χ0n) is 11.6. The number of hydrazine groups is 1. The Hall–Kier alpha value is -1.85. The van der Waals surface area contributed by atoms with E-state index < -0.39 is 0 Å². The third-order valence-corrected chi connectivity index (χ3v) is 3.16. The van der Waals surface area contributed by atoms with Crippen molar-refractivity contribution in [1.82, 2.24) is 10.4 Å². The third kappa shape index (κ3) is 3.82. The fraction of sp³-hybridized carbons (Fsp3) is 0.400. The Balaban J connectivity index is 1.93. The lowest BCUT2D eigenvalue weighted by Gasteiger charge is -2.18. The van der Waals surface area contributed by atoms with Crippen molar-refractivity contribution in [3.05, 3.63) is 35.4 Å². The standard InChI is InChI=1S/C15H20N2O3/c1-2-17(8-9-18)16-15(19)6-4-12-3-5-14-13(11-12)7-10-20-14/h3-6,11,18H,2,7-10H2,1H3,(H,16,19). The van der Waals surface area contributed by atoms with E-state index in [-0.39, 0.29) is 12.5 Å². The van der Waals surface area contributed by atoms with E-state index in [4.69, 9.17) is 9.84 Å². The van der Waals surface area contributed by atoms with Gasteiger partial charge in [0.05, 0.1) is 13.2 Å². The minimum absolute atomic E-state index is 0.0165. The van der Waals surface area contributed by atoms with E-state index in [0.717, 1.165) is 24.3 Å². The third-order valence-electron chi connectivity index (χ3n) is 3.16. The van der Waals surface area contributed by atoms with Crippen LogP contribution in [0.25, 0.3) is 6.08 Å². The highest BCUT2D eigenvalue weighted by atomic mass is 16.5. The van der Waals surface area contributed by atoms with Gasteiger partial charge in [0.2, 0.25) is 0 Å². The summed E-state index contributed by atoms with van der Waals surface area (Å²) in [5.41, 5.74) is 4.88. The van der Waals surface area contributed by atoms with Crippen LogP contribution < -0.4 is 10.2 Å². The van der Waals surface area contributed by atoms with Gasteiger partial charge < -0.3 is 9.84 Å². The molecule has 0 aliphatic carbocycles. The fourth-order valence-electron chi connectivity index (χ4n) is 2.09. The van der Waals surface area contributed by atoms with Crippen molar-refractivity contribution < 1.29 is 14.6 Å². The number of fused-ring (bicyclic) bond motifs is 1. The fourth-order valence-corrected chi connectivity index (χ4v) is 2.09. The molecule has 108 valence electrons. The second kappa shape index (κ2) is 7.07. The summed E-state index contributed by atoms with van der Waals surface area (Å²) in [4.78, 5) is 11.7. The van der Waals surface area contributed by atoms with Gasteiger partial charge in [-0.15, -0.1) is 0 Å². The van der Waals surface area contributed by atoms with Gasteiger partial charge in [0.15, 0.2) is 0 Å². The van der Waals surface area contributed by atoms with Gasteiger partial charge in [-0.3, -0.25) is 10.2 Å². The first-order chi connectivity index (χ1) is 9.72. The Morgan fingerprint density at radius 2 is 2.40 bits per heavy atom. The SMILES string of the molecule is CCN(CCO)NC(=O)C=Cc1ccc2c(c1)CCO2. The molecule has 0 aromatic heterocycles. The minimum atomic E-state index is -0.197. The van der Waals surface area contributed by atoms with Crippen molar-refractivity contribution >= 4 is 12.0 Å². The second-order valence-electron chi connectivity index (χ2n) is 4.58. The number of nitrogens with one attached hydrogen (secondary N) is 1. The molecule has 1 amide bonds. The number of carbonyl (C=O) groups excluding carboxylic acids is 1. The minimum Gasteiger partial charge on any atom is -0.493 e. The maximum atomic E-state index is 11.7. The van der Waals surface area contributed by atoms with Crippen LogP contribution in [-0.4, -0.2) is 42.3 Å². The number of likely N-dealkylation sites (N-methyl/N-ethyl adjacent to an activating group) is 1. The van der Waals surface area contributed by atoms with Gasteiger partial charge >= 0.3 is 0 Å². The lowest BCUT2D eigenvalue weighted by Crippen LogP contribution is -2.42. The van der Waals surface area contributed by atoms with Crippen molar-refractivity contribution in [2.24, 2.45) is 0 Å². The van der Waals surface area contributed by atoms with E-state index in [0.29, 0.717) is 13.1 Å². The zero-order chi connectivity index (χ0) is 14.4. The summed E-state index contributed by atoms with van der Waals surface area (Å²) in [7, 11) is 0. The van der Waals surface area contributed by atoms with E-state index >= 15 is 0 Å². The largest absolute Gasteiger partial charge is 0.493 e. The van der Waals surface area contributed by atoms with Gasteiger partial charge in [-0.2, -0.15) is 0 Å². The summed E-state index contributed by atoms with van der Waals surface area (Å²) in [6.07, 6.45) is 4.20. The maximum Gasteiger partial charge on any atom is 0.258 e. The molecule has 5 heteroatoms. The molecule has 1 aliphatic rings. The molecule has 1 aromatic rings. The van der Waals surface area contributed by atoms with E-state index in [1.807, 2.05) is 25.1 Å². The molecule has 0 bridgehead atoms. The molecule has 0 radical (unpaired) electrons. The number of aliphatic hydroxyl groups is 1. The van der Waals surface area contributed by atoms with Gasteiger partial charge in [0.25, 0.3) is 5.91 Å². The predicted octanol–water partition coefficient (Wildman–Crippen LogP) is 0.980. The average Bonchev–Trinajstić information content (AvgIpc) is 2.92. The molecule has 1 heterocycles. The van der Waals surface area contributed by atoms with E-state index in [1.165, 1.54) is 11.6 Å². The number of nitrogens with zero attached hydrogens (tertiary/aromatic N) is 1. The van der Waals surface area contributed by atoms with Crippen molar-refractivity contribution in [2.75, 3.05) is 26.3 Å². The molecule has 0 fully saturated rings. The lowest BCUT2D eigenvalue weighted by molar-refractivity contribution is -0.121. The summed E-state index contributed by atoms with van der Waals surface area (Å²) in [6.45, 7) is 3.74. The number of rotatable bonds is 6. The molecule has 1 aromatic carbocycles. The molecular formula is C15H20N2O3. The topological polar surface area (TPSA) is 61.8 Å². The summed E-state index contributed by atoms with van der Waals surface area (Å²) < 4.78 is 5.44. The number of hydrogen-bond donors (Lipinski definition) is 2. The summed E-state index contributed by atoms with van der Waals surface area (Å²) in [5, 5.41) is 10.5. The quantitative estimate of drug-likeness (QED) is 0.600. The van der Waals surface area contributed by atoms with Gasteiger partial charge in [0.1, 0.15) is 5.75 Å². The van der Waals surface area contributed by atoms with Crippen LogP contribution in [0.15, 0.2) is 24.3 Å². The highest BCUT2D eigenvalue weighted by Crippen LogP contribution is 2.26. The molecule has 20 heavy (non-hydrogen) atoms. The van der Waals surface area contributed by atoms with Crippen LogP contribution in [0.1, 0.15) is 18.1 Å². The first kappa shape index (κ1) is 14.6. The molecule has 0 unspecified atom stereocenters. The maximum absolute atomic E-state index is 11.7. The predicted molar refractivity (Wildman–Crippen MR) is 77.2 cm³/mol. The van der Waals surface area contributed by atoms with Crippen LogP contribution in [0.3, 0.4) is 0 Å². The first-order valence-corrected chi connectivity index (χ1v) is 6.83. The normalized spacial score (nSPS) is 13.6. The Morgan fingerprint density at radius 1 is 1.55 bits per heavy atom. The molecule has 2 rings (SSSR count). The molecule has 2 N–H and O–H groups in total. The summed E-state index contributed by atoms with van der Waals surface area (Å²) in [6, 6.07) is 5.90. The van der Waals surface area contributed by atoms with Crippen LogP contribution in [0.5, 0.6) is 5.75 Å². The number of carbonyl (C=O) groups is 1. The first-order valence-electron chi connectivity index (χ1n) is 6.83. The van der Waals surface area contributed by atoms with Crippen molar-refractivity contribution in [1.29, 1.82) is 0 Å². The lowest BCUT2D eigenvalue weighted by atomic mass is 10.1. The molecular weight excluding hydrogens is 256 g/mol. The Bertz CT molecular complexity index is 500. The number of aliphatic hydroxyl groups excluding tert-OH is 1. The summed E-state index contributed by atoms with van der Waals surface area (Å²) >= 11 is 0. The van der Waals surface area contributed by atoms with Crippen LogP contribution in [0.2, 0.25) is 0 Å². The van der Waals surface area contributed by atoms with Crippen LogP contribution in [-0.2, 0) is 11.2 Å². The van der Waals surface area contributed by atoms with Crippen LogP contribution in [0, 0.1) is 0 Å². The zero-order valence-corrected chi connectivity index (χ0v) is 11.6. The number of benzene rings is 1. The van der Waals surface area contributed by atoms with Gasteiger partial charge in [-0.25, -0.2) is 5.01 Å². The highest BCUT2D eigenvalue weighted by Gasteiger charge is 2.11. The molecule has 5 nitrogen and oxygen atoms in total. The number of ether oxygens (including phenoxy) is 1. The van der Waals surface area contributed by atoms with Crippen molar-refractivity contribution in [3.8, 4) is 5.75 Å². The van der Waals surface area contributed by atoms with Crippen molar-refractivity contribution in [2.45, 2.75) is 13.3 Å². The number of amides is 1. The van der Waals surface area contributed by atoms with Gasteiger partial charge in [-0.05, 0) is 29.3 Å². The molecule has 0 saturated carbocycles. The smallest absolute Gasteiger partial charge is 0.258 e. The molecule has 0 atom stereocenters. The Labute approximate surface area is 118 Å². The van der Waals surface area contributed by atoms with Crippen LogP contribution >= 0.6 is 0 Å². The van der Waals surface area contributed by atoms with E-state index in [2.05, 4.69) is 5.43 Å². The molecule has 0 spiro atoms. The highest BCUT2D eigenvalue weighted by molar-refractivity contribution is 5.91. The van der Waals surface area contributed by atoms with E-state index in [1.54, 1.807) is 11.1 Å². The van der Waals surface area contributed by atoms with Crippen molar-refractivity contribution in [3.63, 3.8) is 0 Å². The van der Waals surface area contributed by atoms with Gasteiger partial charge in [0, 0.05) is 25.6 Å².